The summed E-state index contributed by atoms with van der Waals surface area (Å²) in [5, 5.41) is 5.62. The fraction of sp³-hybridized carbons (Fsp3) is 0.240. The lowest BCUT2D eigenvalue weighted by Crippen LogP contribution is -2.29. The third kappa shape index (κ3) is 4.72. The molecule has 164 valence electrons. The fourth-order valence-electron chi connectivity index (χ4n) is 3.75. The van der Waals surface area contributed by atoms with Crippen molar-refractivity contribution in [3.05, 3.63) is 83.8 Å². The normalized spacial score (nSPS) is 15.6. The fourth-order valence-corrected chi connectivity index (χ4v) is 3.75. The standard InChI is InChI=1S/C25H25N3O4/c1-2-17-9-11-19(12-10-17)28-16-18(14-23(28)29)24(30)27-22-8-4-3-7-21(22)25(31)26-15-20-6-5-13-32-20/h3-13,18H,2,14-16H2,1H3,(H,26,31)(H,27,30)/t18-/m1/s1. The van der Waals surface area contributed by atoms with Crippen LogP contribution in [0.3, 0.4) is 0 Å². The number of nitrogens with one attached hydrogen (secondary N) is 2. The lowest BCUT2D eigenvalue weighted by atomic mass is 10.1. The number of rotatable bonds is 7. The maximum atomic E-state index is 12.9. The van der Waals surface area contributed by atoms with Gasteiger partial charge in [-0.1, -0.05) is 31.2 Å². The number of anilines is 2. The van der Waals surface area contributed by atoms with Crippen molar-refractivity contribution in [2.75, 3.05) is 16.8 Å². The van der Waals surface area contributed by atoms with Crippen molar-refractivity contribution in [2.24, 2.45) is 5.92 Å². The molecule has 0 aliphatic carbocycles. The van der Waals surface area contributed by atoms with Crippen LogP contribution in [0.15, 0.2) is 71.3 Å². The molecule has 1 fully saturated rings. The van der Waals surface area contributed by atoms with E-state index in [-0.39, 0.29) is 30.7 Å². The zero-order chi connectivity index (χ0) is 22.5. The predicted molar refractivity (Wildman–Crippen MR) is 121 cm³/mol. The molecule has 3 aromatic rings. The summed E-state index contributed by atoms with van der Waals surface area (Å²) in [6.45, 7) is 2.63. The van der Waals surface area contributed by atoms with Gasteiger partial charge in [0, 0.05) is 18.7 Å². The summed E-state index contributed by atoms with van der Waals surface area (Å²) < 4.78 is 5.23. The van der Waals surface area contributed by atoms with Crippen LogP contribution in [-0.4, -0.2) is 24.3 Å². The van der Waals surface area contributed by atoms with Crippen molar-refractivity contribution in [1.82, 2.24) is 5.32 Å². The van der Waals surface area contributed by atoms with Crippen LogP contribution in [0.4, 0.5) is 11.4 Å². The minimum absolute atomic E-state index is 0.0844. The SMILES string of the molecule is CCc1ccc(N2C[C@H](C(=O)Nc3ccccc3C(=O)NCc3ccco3)CC2=O)cc1. The van der Waals surface area contributed by atoms with E-state index in [0.29, 0.717) is 23.6 Å². The molecule has 3 amide bonds. The highest BCUT2D eigenvalue weighted by atomic mass is 16.3. The number of nitrogens with zero attached hydrogens (tertiary/aromatic N) is 1. The van der Waals surface area contributed by atoms with Crippen LogP contribution in [0.5, 0.6) is 0 Å². The predicted octanol–water partition coefficient (Wildman–Crippen LogP) is 3.76. The number of amides is 3. The van der Waals surface area contributed by atoms with Crippen LogP contribution in [0.1, 0.15) is 35.0 Å². The maximum Gasteiger partial charge on any atom is 0.253 e. The summed E-state index contributed by atoms with van der Waals surface area (Å²) in [5.74, 6) is -0.544. The van der Waals surface area contributed by atoms with Gasteiger partial charge >= 0.3 is 0 Å². The highest BCUT2D eigenvalue weighted by molar-refractivity contribution is 6.07. The minimum Gasteiger partial charge on any atom is -0.467 e. The van der Waals surface area contributed by atoms with E-state index < -0.39 is 5.92 Å². The van der Waals surface area contributed by atoms with Crippen LogP contribution < -0.4 is 15.5 Å². The quantitative estimate of drug-likeness (QED) is 0.596. The first-order chi connectivity index (χ1) is 15.5. The summed E-state index contributed by atoms with van der Waals surface area (Å²) in [7, 11) is 0. The van der Waals surface area contributed by atoms with E-state index in [4.69, 9.17) is 4.42 Å². The van der Waals surface area contributed by atoms with E-state index in [1.807, 2.05) is 24.3 Å². The van der Waals surface area contributed by atoms with E-state index in [1.165, 1.54) is 5.56 Å². The molecule has 7 nitrogen and oxygen atoms in total. The van der Waals surface area contributed by atoms with Crippen molar-refractivity contribution in [3.8, 4) is 0 Å². The van der Waals surface area contributed by atoms with Crippen molar-refractivity contribution in [1.29, 1.82) is 0 Å². The molecule has 4 rings (SSSR count). The van der Waals surface area contributed by atoms with E-state index in [0.717, 1.165) is 12.1 Å². The van der Waals surface area contributed by atoms with Crippen molar-refractivity contribution in [3.63, 3.8) is 0 Å². The van der Waals surface area contributed by atoms with Crippen molar-refractivity contribution < 1.29 is 18.8 Å². The Morgan fingerprint density at radius 3 is 2.56 bits per heavy atom. The summed E-state index contributed by atoms with van der Waals surface area (Å²) >= 11 is 0. The maximum absolute atomic E-state index is 12.9. The smallest absolute Gasteiger partial charge is 0.253 e. The van der Waals surface area contributed by atoms with Crippen molar-refractivity contribution in [2.45, 2.75) is 26.3 Å². The topological polar surface area (TPSA) is 91.7 Å². The van der Waals surface area contributed by atoms with Gasteiger partial charge in [-0.2, -0.15) is 0 Å². The highest BCUT2D eigenvalue weighted by Crippen LogP contribution is 2.27. The van der Waals surface area contributed by atoms with Gasteiger partial charge in [-0.3, -0.25) is 14.4 Å². The number of carbonyl (C=O) groups excluding carboxylic acids is 3. The number of hydrogen-bond acceptors (Lipinski definition) is 4. The third-order valence-corrected chi connectivity index (χ3v) is 5.58. The van der Waals surface area contributed by atoms with E-state index in [1.54, 1.807) is 47.6 Å². The summed E-state index contributed by atoms with van der Waals surface area (Å²) in [6.07, 6.45) is 2.60. The first-order valence-electron chi connectivity index (χ1n) is 10.6. The van der Waals surface area contributed by atoms with Crippen LogP contribution in [0, 0.1) is 5.92 Å². The van der Waals surface area contributed by atoms with Gasteiger partial charge in [0.15, 0.2) is 0 Å². The average molecular weight is 431 g/mol. The van der Waals surface area contributed by atoms with Gasteiger partial charge in [-0.05, 0) is 48.4 Å². The molecular formula is C25H25N3O4. The molecule has 1 aromatic heterocycles. The zero-order valence-corrected chi connectivity index (χ0v) is 17.8. The monoisotopic (exact) mass is 431 g/mol. The number of benzene rings is 2. The Morgan fingerprint density at radius 2 is 1.84 bits per heavy atom. The molecule has 0 spiro atoms. The van der Waals surface area contributed by atoms with Crippen LogP contribution in [0.2, 0.25) is 0 Å². The van der Waals surface area contributed by atoms with Gasteiger partial charge in [0.2, 0.25) is 11.8 Å². The molecule has 2 heterocycles. The Labute approximate surface area is 186 Å². The number of furan rings is 1. The number of hydrogen-bond donors (Lipinski definition) is 2. The van der Waals surface area contributed by atoms with E-state index >= 15 is 0 Å². The van der Waals surface area contributed by atoms with Crippen LogP contribution >= 0.6 is 0 Å². The zero-order valence-electron chi connectivity index (χ0n) is 17.8. The first kappa shape index (κ1) is 21.4. The molecule has 1 atom stereocenters. The Hall–Kier alpha value is -3.87. The summed E-state index contributed by atoms with van der Waals surface area (Å²) in [6, 6.07) is 18.1. The lowest BCUT2D eigenvalue weighted by Gasteiger charge is -2.17. The molecule has 2 N–H and O–H groups in total. The molecular weight excluding hydrogens is 406 g/mol. The summed E-state index contributed by atoms with van der Waals surface area (Å²) in [4.78, 5) is 39.7. The average Bonchev–Trinajstić information content (AvgIpc) is 3.47. The molecule has 0 bridgehead atoms. The molecule has 32 heavy (non-hydrogen) atoms. The second kappa shape index (κ2) is 9.51. The van der Waals surface area contributed by atoms with Crippen LogP contribution in [-0.2, 0) is 22.6 Å². The van der Waals surface area contributed by atoms with Crippen molar-refractivity contribution >= 4 is 29.1 Å². The number of aryl methyl sites for hydroxylation is 1. The molecule has 0 radical (unpaired) electrons. The summed E-state index contributed by atoms with van der Waals surface area (Å²) in [5.41, 5.74) is 2.74. The molecule has 7 heteroatoms. The Morgan fingerprint density at radius 1 is 1.06 bits per heavy atom. The van der Waals surface area contributed by atoms with Gasteiger partial charge in [0.1, 0.15) is 5.76 Å². The molecule has 1 aliphatic heterocycles. The second-order valence-corrected chi connectivity index (χ2v) is 7.72. The van der Waals surface area contributed by atoms with Gasteiger partial charge < -0.3 is 20.0 Å². The Kier molecular flexibility index (Phi) is 6.35. The second-order valence-electron chi connectivity index (χ2n) is 7.72. The highest BCUT2D eigenvalue weighted by Gasteiger charge is 2.35. The largest absolute Gasteiger partial charge is 0.467 e. The number of carbonyl (C=O) groups is 3. The molecule has 0 unspecified atom stereocenters. The first-order valence-corrected chi connectivity index (χ1v) is 10.6. The van der Waals surface area contributed by atoms with E-state index in [2.05, 4.69) is 17.6 Å². The molecule has 0 saturated carbocycles. The molecule has 1 saturated heterocycles. The minimum atomic E-state index is -0.493. The number of para-hydroxylation sites is 1. The Balaban J connectivity index is 1.41. The van der Waals surface area contributed by atoms with Gasteiger partial charge in [0.25, 0.3) is 5.91 Å². The van der Waals surface area contributed by atoms with Gasteiger partial charge in [-0.25, -0.2) is 0 Å². The van der Waals surface area contributed by atoms with Gasteiger partial charge in [-0.15, -0.1) is 0 Å². The molecule has 2 aromatic carbocycles. The molecule has 1 aliphatic rings. The lowest BCUT2D eigenvalue weighted by molar-refractivity contribution is -0.122. The Bertz CT molecular complexity index is 1110. The van der Waals surface area contributed by atoms with Gasteiger partial charge in [0.05, 0.1) is 30.0 Å². The van der Waals surface area contributed by atoms with Crippen LogP contribution in [0.25, 0.3) is 0 Å². The third-order valence-electron chi connectivity index (χ3n) is 5.58. The van der Waals surface area contributed by atoms with E-state index in [9.17, 15) is 14.4 Å².